The van der Waals surface area contributed by atoms with Gasteiger partial charge in [0, 0.05) is 24.2 Å². The predicted molar refractivity (Wildman–Crippen MR) is 98.7 cm³/mol. The van der Waals surface area contributed by atoms with Crippen LogP contribution in [0, 0.1) is 6.92 Å². The second kappa shape index (κ2) is 6.38. The summed E-state index contributed by atoms with van der Waals surface area (Å²) in [4.78, 5) is 23.2. The highest BCUT2D eigenvalue weighted by molar-refractivity contribution is 5.91. The SMILES string of the molecule is Cc1nc(N2CC[C@@H](NC(=O)OC(C)(C)C)C2)c2ccc(N)cc2n1. The largest absolute Gasteiger partial charge is 0.444 e. The van der Waals surface area contributed by atoms with Gasteiger partial charge in [0.05, 0.1) is 11.6 Å². The van der Waals surface area contributed by atoms with Crippen LogP contribution in [-0.4, -0.2) is 40.8 Å². The molecule has 1 amide bonds. The maximum absolute atomic E-state index is 12.0. The number of hydrogen-bond acceptors (Lipinski definition) is 6. The molecule has 25 heavy (non-hydrogen) atoms. The summed E-state index contributed by atoms with van der Waals surface area (Å²) in [5, 5.41) is 3.91. The molecule has 3 rings (SSSR count). The summed E-state index contributed by atoms with van der Waals surface area (Å²) < 4.78 is 5.34. The molecule has 7 nitrogen and oxygen atoms in total. The summed E-state index contributed by atoms with van der Waals surface area (Å²) in [6, 6.07) is 5.71. The van der Waals surface area contributed by atoms with Gasteiger partial charge in [0.15, 0.2) is 0 Å². The average Bonchev–Trinajstić information content (AvgIpc) is 2.91. The lowest BCUT2D eigenvalue weighted by molar-refractivity contribution is 0.0509. The Bertz CT molecular complexity index is 795. The number of aromatic nitrogens is 2. The Morgan fingerprint density at radius 2 is 2.12 bits per heavy atom. The molecule has 7 heteroatoms. The number of nitrogens with one attached hydrogen (secondary N) is 1. The standard InChI is InChI=1S/C18H25N5O2/c1-11-20-15-9-12(19)5-6-14(15)16(21-11)23-8-7-13(10-23)22-17(24)25-18(2,3)4/h5-6,9,13H,7-8,10,19H2,1-4H3,(H,22,24)/t13-/m1/s1. The van der Waals surface area contributed by atoms with Crippen molar-refractivity contribution in [3.05, 3.63) is 24.0 Å². The number of hydrogen-bond donors (Lipinski definition) is 2. The van der Waals surface area contributed by atoms with Gasteiger partial charge < -0.3 is 20.7 Å². The molecule has 1 aliphatic heterocycles. The van der Waals surface area contributed by atoms with Crippen molar-refractivity contribution < 1.29 is 9.53 Å². The van der Waals surface area contributed by atoms with Crippen LogP contribution in [0.25, 0.3) is 10.9 Å². The smallest absolute Gasteiger partial charge is 0.407 e. The number of benzene rings is 1. The minimum Gasteiger partial charge on any atom is -0.444 e. The number of rotatable bonds is 2. The van der Waals surface area contributed by atoms with Gasteiger partial charge >= 0.3 is 6.09 Å². The van der Waals surface area contributed by atoms with Crippen molar-refractivity contribution >= 4 is 28.5 Å². The first-order chi connectivity index (χ1) is 11.7. The summed E-state index contributed by atoms with van der Waals surface area (Å²) in [7, 11) is 0. The van der Waals surface area contributed by atoms with Crippen LogP contribution < -0.4 is 16.0 Å². The Labute approximate surface area is 147 Å². The van der Waals surface area contributed by atoms with Crippen molar-refractivity contribution in [3.8, 4) is 0 Å². The molecule has 0 radical (unpaired) electrons. The minimum absolute atomic E-state index is 0.0361. The Kier molecular flexibility index (Phi) is 4.41. The third kappa shape index (κ3) is 4.10. The van der Waals surface area contributed by atoms with E-state index in [0.717, 1.165) is 29.7 Å². The molecule has 1 fully saturated rings. The van der Waals surface area contributed by atoms with Gasteiger partial charge in [0.2, 0.25) is 0 Å². The zero-order valence-corrected chi connectivity index (χ0v) is 15.2. The van der Waals surface area contributed by atoms with Crippen LogP contribution in [0.1, 0.15) is 33.0 Å². The van der Waals surface area contributed by atoms with E-state index >= 15 is 0 Å². The highest BCUT2D eigenvalue weighted by Crippen LogP contribution is 2.28. The van der Waals surface area contributed by atoms with Gasteiger partial charge in [-0.2, -0.15) is 0 Å². The third-order valence-corrected chi connectivity index (χ3v) is 4.02. The molecule has 2 heterocycles. The molecule has 0 unspecified atom stereocenters. The summed E-state index contributed by atoms with van der Waals surface area (Å²) in [6.07, 6.45) is 0.467. The van der Waals surface area contributed by atoms with Gasteiger partial charge in [-0.3, -0.25) is 0 Å². The summed E-state index contributed by atoms with van der Waals surface area (Å²) in [5.41, 5.74) is 6.89. The zero-order valence-electron chi connectivity index (χ0n) is 15.2. The van der Waals surface area contributed by atoms with Crippen molar-refractivity contribution in [1.29, 1.82) is 0 Å². The Hall–Kier alpha value is -2.57. The number of alkyl carbamates (subject to hydrolysis) is 1. The number of aryl methyl sites for hydroxylation is 1. The van der Waals surface area contributed by atoms with Crippen LogP contribution in [0.15, 0.2) is 18.2 Å². The molecule has 1 aromatic heterocycles. The van der Waals surface area contributed by atoms with Crippen LogP contribution in [0.4, 0.5) is 16.3 Å². The number of amides is 1. The molecule has 2 aromatic rings. The van der Waals surface area contributed by atoms with Crippen LogP contribution >= 0.6 is 0 Å². The van der Waals surface area contributed by atoms with E-state index in [-0.39, 0.29) is 12.1 Å². The van der Waals surface area contributed by atoms with Crippen molar-refractivity contribution in [3.63, 3.8) is 0 Å². The van der Waals surface area contributed by atoms with Crippen molar-refractivity contribution in [2.75, 3.05) is 23.7 Å². The van der Waals surface area contributed by atoms with E-state index in [1.807, 2.05) is 45.9 Å². The van der Waals surface area contributed by atoms with Crippen LogP contribution in [0.3, 0.4) is 0 Å². The number of carbonyl (C=O) groups is 1. The van der Waals surface area contributed by atoms with Crippen molar-refractivity contribution in [1.82, 2.24) is 15.3 Å². The van der Waals surface area contributed by atoms with E-state index in [1.54, 1.807) is 0 Å². The molecule has 1 aliphatic rings. The Morgan fingerprint density at radius 1 is 1.36 bits per heavy atom. The summed E-state index contributed by atoms with van der Waals surface area (Å²) in [6.45, 7) is 8.95. The van der Waals surface area contributed by atoms with Crippen molar-refractivity contribution in [2.45, 2.75) is 45.8 Å². The second-order valence-corrected chi connectivity index (χ2v) is 7.45. The lowest BCUT2D eigenvalue weighted by atomic mass is 10.2. The summed E-state index contributed by atoms with van der Waals surface area (Å²) >= 11 is 0. The van der Waals surface area contributed by atoms with Gasteiger partial charge in [-0.15, -0.1) is 0 Å². The molecule has 1 saturated heterocycles. The first-order valence-corrected chi connectivity index (χ1v) is 8.49. The highest BCUT2D eigenvalue weighted by atomic mass is 16.6. The zero-order chi connectivity index (χ0) is 18.2. The first kappa shape index (κ1) is 17.3. The van der Waals surface area contributed by atoms with E-state index in [1.165, 1.54) is 0 Å². The second-order valence-electron chi connectivity index (χ2n) is 7.45. The molecule has 0 aliphatic carbocycles. The molecular formula is C18H25N5O2. The van der Waals surface area contributed by atoms with Crippen LogP contribution in [0.5, 0.6) is 0 Å². The van der Waals surface area contributed by atoms with Gasteiger partial charge in [-0.1, -0.05) is 0 Å². The first-order valence-electron chi connectivity index (χ1n) is 8.49. The van der Waals surface area contributed by atoms with E-state index in [4.69, 9.17) is 10.5 Å². The van der Waals surface area contributed by atoms with Gasteiger partial charge in [0.1, 0.15) is 17.2 Å². The Balaban J connectivity index is 1.76. The maximum atomic E-state index is 12.0. The number of nitrogens with two attached hydrogens (primary N) is 1. The molecule has 0 spiro atoms. The minimum atomic E-state index is -0.498. The molecule has 1 aromatic carbocycles. The fourth-order valence-corrected chi connectivity index (χ4v) is 3.03. The predicted octanol–water partition coefficient (Wildman–Crippen LogP) is 2.62. The van der Waals surface area contributed by atoms with Gasteiger partial charge in [0.25, 0.3) is 0 Å². The van der Waals surface area contributed by atoms with Crippen LogP contribution in [0.2, 0.25) is 0 Å². The molecule has 0 saturated carbocycles. The molecule has 134 valence electrons. The molecule has 0 bridgehead atoms. The maximum Gasteiger partial charge on any atom is 0.407 e. The number of nitrogen functional groups attached to an aromatic ring is 1. The lowest BCUT2D eigenvalue weighted by Gasteiger charge is -2.22. The fraction of sp³-hybridized carbons (Fsp3) is 0.500. The highest BCUT2D eigenvalue weighted by Gasteiger charge is 2.28. The fourth-order valence-electron chi connectivity index (χ4n) is 3.03. The van der Waals surface area contributed by atoms with E-state index in [2.05, 4.69) is 20.2 Å². The van der Waals surface area contributed by atoms with Crippen molar-refractivity contribution in [2.24, 2.45) is 0 Å². The van der Waals surface area contributed by atoms with Crippen LogP contribution in [-0.2, 0) is 4.74 Å². The monoisotopic (exact) mass is 343 g/mol. The van der Waals surface area contributed by atoms with Gasteiger partial charge in [-0.05, 0) is 52.3 Å². The topological polar surface area (TPSA) is 93.4 Å². The number of anilines is 2. The molecule has 1 atom stereocenters. The quantitative estimate of drug-likeness (QED) is 0.814. The number of carbonyl (C=O) groups excluding carboxylic acids is 1. The summed E-state index contributed by atoms with van der Waals surface area (Å²) in [5.74, 6) is 1.59. The number of fused-ring (bicyclic) bond motifs is 1. The van der Waals surface area contributed by atoms with E-state index in [9.17, 15) is 4.79 Å². The Morgan fingerprint density at radius 3 is 2.84 bits per heavy atom. The third-order valence-electron chi connectivity index (χ3n) is 4.02. The molecule has 3 N–H and O–H groups in total. The normalized spacial score (nSPS) is 17.8. The van der Waals surface area contributed by atoms with Gasteiger partial charge in [-0.25, -0.2) is 14.8 Å². The molecular weight excluding hydrogens is 318 g/mol. The van der Waals surface area contributed by atoms with E-state index < -0.39 is 5.60 Å². The number of nitrogens with zero attached hydrogens (tertiary/aromatic N) is 3. The number of ether oxygens (including phenoxy) is 1. The van der Waals surface area contributed by atoms with E-state index in [0.29, 0.717) is 18.1 Å². The lowest BCUT2D eigenvalue weighted by Crippen LogP contribution is -2.40. The average molecular weight is 343 g/mol.